The Bertz CT molecular complexity index is 511. The van der Waals surface area contributed by atoms with E-state index in [2.05, 4.69) is 45.0 Å². The third-order valence-electron chi connectivity index (χ3n) is 6.88. The highest BCUT2D eigenvalue weighted by atomic mass is 14.6. The van der Waals surface area contributed by atoms with Crippen molar-refractivity contribution in [2.45, 2.75) is 83.5 Å². The van der Waals surface area contributed by atoms with Crippen molar-refractivity contribution < 1.29 is 0 Å². The first-order chi connectivity index (χ1) is 11.0. The van der Waals surface area contributed by atoms with Gasteiger partial charge in [-0.3, -0.25) is 0 Å². The van der Waals surface area contributed by atoms with E-state index in [9.17, 15) is 0 Å². The Labute approximate surface area is 143 Å². The third-order valence-corrected chi connectivity index (χ3v) is 6.88. The van der Waals surface area contributed by atoms with Crippen LogP contribution in [-0.4, -0.2) is 6.54 Å². The quantitative estimate of drug-likeness (QED) is 0.752. The van der Waals surface area contributed by atoms with Crippen molar-refractivity contribution in [1.82, 2.24) is 0 Å². The molecule has 0 bridgehead atoms. The summed E-state index contributed by atoms with van der Waals surface area (Å²) in [5.41, 5.74) is 10.2. The average Bonchev–Trinajstić information content (AvgIpc) is 3.04. The van der Waals surface area contributed by atoms with Crippen molar-refractivity contribution in [2.24, 2.45) is 17.1 Å². The van der Waals surface area contributed by atoms with Crippen molar-refractivity contribution in [3.05, 3.63) is 35.4 Å². The largest absolute Gasteiger partial charge is 0.330 e. The molecule has 2 fully saturated rings. The highest BCUT2D eigenvalue weighted by molar-refractivity contribution is 5.38. The molecule has 0 unspecified atom stereocenters. The number of nitrogens with two attached hydrogens (primary N) is 1. The molecule has 0 radical (unpaired) electrons. The van der Waals surface area contributed by atoms with Crippen LogP contribution in [0.4, 0.5) is 0 Å². The van der Waals surface area contributed by atoms with Crippen LogP contribution in [0.2, 0.25) is 0 Å². The van der Waals surface area contributed by atoms with Crippen molar-refractivity contribution in [1.29, 1.82) is 0 Å². The maximum Gasteiger partial charge on any atom is 0.00783 e. The standard InChI is InChI=1S/C22H35N/c1-21(2,3)18-12-10-17(11-13-18)19-8-4-5-9-20(19)22(16-23)14-6-7-15-22/h4-5,8-9,17-18H,6-7,10-16,23H2,1-3H3. The van der Waals surface area contributed by atoms with Crippen molar-refractivity contribution in [2.75, 3.05) is 6.54 Å². The molecule has 1 nitrogen and oxygen atoms in total. The van der Waals surface area contributed by atoms with Gasteiger partial charge in [-0.2, -0.15) is 0 Å². The minimum Gasteiger partial charge on any atom is -0.330 e. The smallest absolute Gasteiger partial charge is 0.00783 e. The number of benzene rings is 1. The number of rotatable bonds is 3. The molecule has 1 aromatic carbocycles. The highest BCUT2D eigenvalue weighted by Crippen LogP contribution is 2.48. The molecule has 0 heterocycles. The van der Waals surface area contributed by atoms with Crippen LogP contribution in [0.3, 0.4) is 0 Å². The minimum atomic E-state index is 0.275. The van der Waals surface area contributed by atoms with Crippen molar-refractivity contribution in [3.63, 3.8) is 0 Å². The molecule has 1 heteroatoms. The first kappa shape index (κ1) is 17.0. The molecule has 0 aromatic heterocycles. The summed E-state index contributed by atoms with van der Waals surface area (Å²) >= 11 is 0. The summed E-state index contributed by atoms with van der Waals surface area (Å²) in [4.78, 5) is 0. The Hall–Kier alpha value is -0.820. The topological polar surface area (TPSA) is 26.0 Å². The lowest BCUT2D eigenvalue weighted by Gasteiger charge is -2.39. The zero-order valence-electron chi connectivity index (χ0n) is 15.4. The maximum absolute atomic E-state index is 6.28. The number of hydrogen-bond acceptors (Lipinski definition) is 1. The molecule has 128 valence electrons. The molecule has 2 aliphatic carbocycles. The van der Waals surface area contributed by atoms with E-state index < -0.39 is 0 Å². The molecule has 2 N–H and O–H groups in total. The normalized spacial score (nSPS) is 28.0. The van der Waals surface area contributed by atoms with E-state index in [0.717, 1.165) is 18.4 Å². The van der Waals surface area contributed by atoms with Gasteiger partial charge in [0.1, 0.15) is 0 Å². The van der Waals surface area contributed by atoms with Gasteiger partial charge in [-0.05, 0) is 66.9 Å². The van der Waals surface area contributed by atoms with Crippen LogP contribution >= 0.6 is 0 Å². The molecule has 2 saturated carbocycles. The fourth-order valence-electron chi connectivity index (χ4n) is 5.24. The van der Waals surface area contributed by atoms with E-state index in [1.54, 1.807) is 11.1 Å². The fraction of sp³-hybridized carbons (Fsp3) is 0.727. The summed E-state index contributed by atoms with van der Waals surface area (Å²) in [6.45, 7) is 8.05. The van der Waals surface area contributed by atoms with Crippen LogP contribution in [0.1, 0.15) is 89.2 Å². The van der Waals surface area contributed by atoms with Gasteiger partial charge in [0, 0.05) is 12.0 Å². The zero-order chi connectivity index (χ0) is 16.5. The molecule has 0 atom stereocenters. The Morgan fingerprint density at radius 3 is 2.17 bits per heavy atom. The predicted molar refractivity (Wildman–Crippen MR) is 99.8 cm³/mol. The van der Waals surface area contributed by atoms with Gasteiger partial charge in [-0.1, -0.05) is 57.9 Å². The third kappa shape index (κ3) is 3.36. The zero-order valence-corrected chi connectivity index (χ0v) is 15.4. The Kier molecular flexibility index (Phi) is 4.88. The monoisotopic (exact) mass is 313 g/mol. The van der Waals surface area contributed by atoms with Crippen LogP contribution in [0.5, 0.6) is 0 Å². The average molecular weight is 314 g/mol. The molecule has 1 aromatic rings. The summed E-state index contributed by atoms with van der Waals surface area (Å²) in [7, 11) is 0. The van der Waals surface area contributed by atoms with Crippen molar-refractivity contribution in [3.8, 4) is 0 Å². The van der Waals surface area contributed by atoms with Gasteiger partial charge in [0.25, 0.3) is 0 Å². The second kappa shape index (κ2) is 6.59. The number of hydrogen-bond donors (Lipinski definition) is 1. The molecule has 0 amide bonds. The SMILES string of the molecule is CC(C)(C)C1CCC(c2ccccc2C2(CN)CCCC2)CC1. The Balaban J connectivity index is 1.82. The predicted octanol–water partition coefficient (Wildman–Crippen LogP) is 5.78. The van der Waals surface area contributed by atoms with Crippen LogP contribution in [0, 0.1) is 11.3 Å². The molecular weight excluding hydrogens is 278 g/mol. The molecule has 23 heavy (non-hydrogen) atoms. The highest BCUT2D eigenvalue weighted by Gasteiger charge is 2.38. The molecule has 0 aliphatic heterocycles. The second-order valence-electron chi connectivity index (χ2n) is 9.19. The summed E-state index contributed by atoms with van der Waals surface area (Å²) in [5, 5.41) is 0. The van der Waals surface area contributed by atoms with Crippen LogP contribution < -0.4 is 5.73 Å². The van der Waals surface area contributed by atoms with Gasteiger partial charge in [0.2, 0.25) is 0 Å². The van der Waals surface area contributed by atoms with Gasteiger partial charge >= 0.3 is 0 Å². The molecule has 2 aliphatic rings. The lowest BCUT2D eigenvalue weighted by atomic mass is 9.66. The fourth-order valence-corrected chi connectivity index (χ4v) is 5.24. The Morgan fingerprint density at radius 2 is 1.61 bits per heavy atom. The minimum absolute atomic E-state index is 0.275. The van der Waals surface area contributed by atoms with Crippen LogP contribution in [-0.2, 0) is 5.41 Å². The van der Waals surface area contributed by atoms with Crippen molar-refractivity contribution >= 4 is 0 Å². The van der Waals surface area contributed by atoms with E-state index in [1.807, 2.05) is 0 Å². The van der Waals surface area contributed by atoms with E-state index in [1.165, 1.54) is 51.4 Å². The van der Waals surface area contributed by atoms with Gasteiger partial charge < -0.3 is 5.73 Å². The van der Waals surface area contributed by atoms with Crippen LogP contribution in [0.25, 0.3) is 0 Å². The van der Waals surface area contributed by atoms with Gasteiger partial charge in [-0.15, -0.1) is 0 Å². The van der Waals surface area contributed by atoms with Gasteiger partial charge in [-0.25, -0.2) is 0 Å². The summed E-state index contributed by atoms with van der Waals surface area (Å²) < 4.78 is 0. The molecule has 0 spiro atoms. The van der Waals surface area contributed by atoms with E-state index >= 15 is 0 Å². The van der Waals surface area contributed by atoms with Gasteiger partial charge in [0.15, 0.2) is 0 Å². The lowest BCUT2D eigenvalue weighted by molar-refractivity contribution is 0.168. The molecular formula is C22H35N. The summed E-state index contributed by atoms with van der Waals surface area (Å²) in [6, 6.07) is 9.28. The molecule has 0 saturated heterocycles. The lowest BCUT2D eigenvalue weighted by Crippen LogP contribution is -2.34. The molecule has 3 rings (SSSR count). The summed E-state index contributed by atoms with van der Waals surface area (Å²) in [5.74, 6) is 1.65. The van der Waals surface area contributed by atoms with E-state index in [4.69, 9.17) is 5.73 Å². The first-order valence-electron chi connectivity index (χ1n) is 9.76. The first-order valence-corrected chi connectivity index (χ1v) is 9.76. The Morgan fingerprint density at radius 1 is 1.00 bits per heavy atom. The van der Waals surface area contributed by atoms with Gasteiger partial charge in [0.05, 0.1) is 0 Å². The second-order valence-corrected chi connectivity index (χ2v) is 9.19. The van der Waals surface area contributed by atoms with Crippen LogP contribution in [0.15, 0.2) is 24.3 Å². The summed E-state index contributed by atoms with van der Waals surface area (Å²) in [6.07, 6.45) is 10.8. The van der Waals surface area contributed by atoms with E-state index in [0.29, 0.717) is 5.41 Å². The van der Waals surface area contributed by atoms with E-state index in [-0.39, 0.29) is 5.41 Å². The maximum atomic E-state index is 6.28.